The van der Waals surface area contributed by atoms with Gasteiger partial charge in [0.05, 0.1) is 11.4 Å². The number of hydrogen-bond acceptors (Lipinski definition) is 6. The largest absolute Gasteiger partial charge is 0.457 e. The Kier molecular flexibility index (Phi) is 6.84. The van der Waals surface area contributed by atoms with Gasteiger partial charge in [-0.05, 0) is 36.4 Å². The predicted molar refractivity (Wildman–Crippen MR) is 133 cm³/mol. The molecule has 0 spiro atoms. The Morgan fingerprint density at radius 3 is 1.14 bits per heavy atom. The fourth-order valence-corrected chi connectivity index (χ4v) is 4.23. The third-order valence-corrected chi connectivity index (χ3v) is 5.92. The Labute approximate surface area is 231 Å². The molecule has 0 bridgehead atoms. The maximum Gasteiger partial charge on any atom is 0.420 e. The van der Waals surface area contributed by atoms with E-state index in [1.807, 2.05) is 0 Å². The summed E-state index contributed by atoms with van der Waals surface area (Å²) >= 11 is 0. The molecule has 42 heavy (non-hydrogen) atoms. The Hall–Kier alpha value is -5.40. The second kappa shape index (κ2) is 10.2. The zero-order chi connectivity index (χ0) is 30.4. The van der Waals surface area contributed by atoms with E-state index >= 15 is 0 Å². The maximum absolute atomic E-state index is 14.2. The van der Waals surface area contributed by atoms with Crippen LogP contribution in [0.3, 0.4) is 0 Å². The van der Waals surface area contributed by atoms with E-state index < -0.39 is 70.1 Å². The van der Waals surface area contributed by atoms with Gasteiger partial charge in [0.1, 0.15) is 34.1 Å². The van der Waals surface area contributed by atoms with Crippen LogP contribution in [-0.4, -0.2) is 23.6 Å². The summed E-state index contributed by atoms with van der Waals surface area (Å²) in [5.74, 6) is -6.17. The van der Waals surface area contributed by atoms with Crippen LogP contribution in [-0.2, 0) is 31.5 Å². The molecule has 0 N–H and O–H groups in total. The maximum atomic E-state index is 14.2. The highest BCUT2D eigenvalue weighted by atomic mass is 19.4. The molecule has 5 rings (SSSR count). The van der Waals surface area contributed by atoms with Crippen molar-refractivity contribution in [3.8, 4) is 23.0 Å². The van der Waals surface area contributed by atoms with Gasteiger partial charge in [0.2, 0.25) is 0 Å². The van der Waals surface area contributed by atoms with E-state index in [0.29, 0.717) is 21.9 Å². The highest BCUT2D eigenvalue weighted by Gasteiger charge is 2.48. The number of imide groups is 2. The first-order chi connectivity index (χ1) is 19.7. The van der Waals surface area contributed by atoms with Gasteiger partial charge in [-0.15, -0.1) is 0 Å². The number of hydrogen-bond donors (Lipinski definition) is 0. The summed E-state index contributed by atoms with van der Waals surface area (Å²) in [5, 5.41) is 0. The fourth-order valence-electron chi connectivity index (χ4n) is 4.23. The van der Waals surface area contributed by atoms with Crippen LogP contribution in [0, 0.1) is 0 Å². The van der Waals surface area contributed by atoms with Gasteiger partial charge in [-0.1, -0.05) is 12.1 Å². The van der Waals surface area contributed by atoms with Gasteiger partial charge in [0, 0.05) is 36.4 Å². The summed E-state index contributed by atoms with van der Waals surface area (Å²) in [4.78, 5) is 49.2. The monoisotopic (exact) mass is 588 g/mol. The Morgan fingerprint density at radius 1 is 0.500 bits per heavy atom. The average Bonchev–Trinajstić information content (AvgIpc) is 3.42. The van der Waals surface area contributed by atoms with Gasteiger partial charge < -0.3 is 9.47 Å². The van der Waals surface area contributed by atoms with Gasteiger partial charge in [0.25, 0.3) is 23.6 Å². The zero-order valence-electron chi connectivity index (χ0n) is 20.7. The molecule has 0 radical (unpaired) electrons. The third kappa shape index (κ3) is 5.33. The Balaban J connectivity index is 1.55. The lowest BCUT2D eigenvalue weighted by atomic mass is 10.0. The summed E-state index contributed by atoms with van der Waals surface area (Å²) < 4.78 is 95.7. The third-order valence-electron chi connectivity index (χ3n) is 5.92. The average molecular weight is 588 g/mol. The lowest BCUT2D eigenvalue weighted by molar-refractivity contribution is -0.163. The molecule has 2 aliphatic heterocycles. The molecule has 3 aromatic rings. The molecule has 0 unspecified atom stereocenters. The number of nitrogens with zero attached hydrogens (tertiary/aromatic N) is 2. The molecule has 214 valence electrons. The van der Waals surface area contributed by atoms with Gasteiger partial charge in [-0.3, -0.25) is 19.2 Å². The molecule has 14 heteroatoms. The number of alkyl halides is 6. The van der Waals surface area contributed by atoms with Crippen LogP contribution < -0.4 is 19.3 Å². The van der Waals surface area contributed by atoms with Crippen molar-refractivity contribution in [2.75, 3.05) is 9.80 Å². The number of halogens is 6. The van der Waals surface area contributed by atoms with Crippen LogP contribution in [0.2, 0.25) is 0 Å². The van der Waals surface area contributed by atoms with E-state index in [0.717, 1.165) is 48.6 Å². The number of anilines is 2. The smallest absolute Gasteiger partial charge is 0.420 e. The number of rotatable bonds is 6. The molecule has 3 aromatic carbocycles. The minimum Gasteiger partial charge on any atom is -0.457 e. The first-order valence-corrected chi connectivity index (χ1v) is 11.7. The lowest BCUT2D eigenvalue weighted by Gasteiger charge is -2.23. The van der Waals surface area contributed by atoms with Gasteiger partial charge in [0.15, 0.2) is 0 Å². The molecule has 0 saturated carbocycles. The number of ether oxygens (including phenoxy) is 2. The first kappa shape index (κ1) is 28.1. The normalized spacial score (nSPS) is 15.3. The van der Waals surface area contributed by atoms with Crippen molar-refractivity contribution in [2.45, 2.75) is 12.4 Å². The number of benzene rings is 3. The molecule has 0 aromatic heterocycles. The standard InChI is InChI=1S/C28H14F6N2O6/c29-27(30,31)25-19(41-17-5-1-3-15(13-17)35-21(37)9-10-22(35)38)7-8-20(26(25)28(32,33)34)42-18-6-2-4-16(14-18)36-23(39)11-12-24(36)40/h1-14H. The molecule has 0 saturated heterocycles. The SMILES string of the molecule is O=C1C=CC(=O)N1c1cccc(Oc2ccc(Oc3cccc(N4C(=O)C=CC4=O)c3)c(C(F)(F)F)c2C(F)(F)F)c1. The second-order valence-corrected chi connectivity index (χ2v) is 8.70. The first-order valence-electron chi connectivity index (χ1n) is 11.7. The molecule has 2 aliphatic rings. The van der Waals surface area contributed by atoms with Crippen molar-refractivity contribution in [2.24, 2.45) is 0 Å². The van der Waals surface area contributed by atoms with Crippen molar-refractivity contribution in [1.29, 1.82) is 0 Å². The van der Waals surface area contributed by atoms with Crippen LogP contribution in [0.1, 0.15) is 11.1 Å². The van der Waals surface area contributed by atoms with E-state index in [1.165, 1.54) is 24.3 Å². The van der Waals surface area contributed by atoms with Crippen molar-refractivity contribution in [3.05, 3.63) is 96.1 Å². The second-order valence-electron chi connectivity index (χ2n) is 8.70. The number of carbonyl (C=O) groups excluding carboxylic acids is 4. The van der Waals surface area contributed by atoms with Crippen molar-refractivity contribution in [1.82, 2.24) is 0 Å². The van der Waals surface area contributed by atoms with E-state index in [4.69, 9.17) is 9.47 Å². The van der Waals surface area contributed by atoms with E-state index in [2.05, 4.69) is 0 Å². The van der Waals surface area contributed by atoms with Gasteiger partial charge >= 0.3 is 12.4 Å². The van der Waals surface area contributed by atoms with Crippen molar-refractivity contribution >= 4 is 35.0 Å². The van der Waals surface area contributed by atoms with E-state index in [9.17, 15) is 45.5 Å². The minimum absolute atomic E-state index is 0.0814. The molecule has 0 aliphatic carbocycles. The highest BCUT2D eigenvalue weighted by Crippen LogP contribution is 2.50. The molecule has 0 atom stereocenters. The molecular weight excluding hydrogens is 574 g/mol. The van der Waals surface area contributed by atoms with Crippen molar-refractivity contribution < 1.29 is 55.0 Å². The quantitative estimate of drug-likeness (QED) is 0.253. The van der Waals surface area contributed by atoms with Gasteiger partial charge in [-0.25, -0.2) is 9.80 Å². The zero-order valence-corrected chi connectivity index (χ0v) is 20.7. The van der Waals surface area contributed by atoms with Crippen LogP contribution in [0.25, 0.3) is 0 Å². The van der Waals surface area contributed by atoms with Gasteiger partial charge in [-0.2, -0.15) is 26.3 Å². The van der Waals surface area contributed by atoms with Crippen LogP contribution >= 0.6 is 0 Å². The Bertz CT molecular complexity index is 1550. The number of carbonyl (C=O) groups is 4. The summed E-state index contributed by atoms with van der Waals surface area (Å²) in [6, 6.07) is 10.6. The summed E-state index contributed by atoms with van der Waals surface area (Å²) in [6.45, 7) is 0. The lowest BCUT2D eigenvalue weighted by Crippen LogP contribution is -2.29. The Morgan fingerprint density at radius 2 is 0.833 bits per heavy atom. The molecule has 4 amide bonds. The minimum atomic E-state index is -5.59. The van der Waals surface area contributed by atoms with E-state index in [1.54, 1.807) is 0 Å². The van der Waals surface area contributed by atoms with Crippen molar-refractivity contribution in [3.63, 3.8) is 0 Å². The van der Waals surface area contributed by atoms with Crippen LogP contribution in [0.15, 0.2) is 85.0 Å². The number of amides is 4. The predicted octanol–water partition coefficient (Wildman–Crippen LogP) is 6.17. The summed E-state index contributed by atoms with van der Waals surface area (Å²) in [7, 11) is 0. The fraction of sp³-hybridized carbons (Fsp3) is 0.0714. The molecule has 8 nitrogen and oxygen atoms in total. The molecular formula is C28H14F6N2O6. The van der Waals surface area contributed by atoms with Crippen LogP contribution in [0.5, 0.6) is 23.0 Å². The highest BCUT2D eigenvalue weighted by molar-refractivity contribution is 6.28. The summed E-state index contributed by atoms with van der Waals surface area (Å²) in [5.41, 5.74) is -4.56. The summed E-state index contributed by atoms with van der Waals surface area (Å²) in [6.07, 6.45) is -7.30. The van der Waals surface area contributed by atoms with E-state index in [-0.39, 0.29) is 11.4 Å². The topological polar surface area (TPSA) is 93.2 Å². The van der Waals surface area contributed by atoms with Crippen LogP contribution in [0.4, 0.5) is 37.7 Å². The molecule has 0 fully saturated rings. The molecule has 2 heterocycles.